The van der Waals surface area contributed by atoms with Crippen LogP contribution >= 0.6 is 0 Å². The number of hydrogen-bond donors (Lipinski definition) is 1. The highest BCUT2D eigenvalue weighted by Gasteiger charge is 2.04. The van der Waals surface area contributed by atoms with Gasteiger partial charge in [-0.25, -0.2) is 0 Å². The first-order valence-corrected chi connectivity index (χ1v) is 7.07. The maximum absolute atomic E-state index is 8.77. The molecule has 2 aromatic carbocycles. The zero-order valence-electron chi connectivity index (χ0n) is 11.7. The molecule has 0 radical (unpaired) electrons. The summed E-state index contributed by atoms with van der Waals surface area (Å²) < 4.78 is 0. The van der Waals surface area contributed by atoms with Crippen LogP contribution in [-0.2, 0) is 6.54 Å². The summed E-state index contributed by atoms with van der Waals surface area (Å²) in [5.41, 5.74) is 1.39. The van der Waals surface area contributed by atoms with Crippen LogP contribution in [0.1, 0.15) is 24.8 Å². The number of aliphatic hydroxyl groups is 1. The van der Waals surface area contributed by atoms with Crippen molar-refractivity contribution in [3.8, 4) is 0 Å². The Kier molecular flexibility index (Phi) is 5.37. The molecule has 0 atom stereocenters. The Morgan fingerprint density at radius 2 is 1.74 bits per heavy atom. The molecule has 0 aromatic heterocycles. The van der Waals surface area contributed by atoms with Gasteiger partial charge in [0.05, 0.1) is 0 Å². The van der Waals surface area contributed by atoms with Crippen molar-refractivity contribution in [1.29, 1.82) is 0 Å². The molecule has 0 aliphatic carbocycles. The summed E-state index contributed by atoms with van der Waals surface area (Å²) >= 11 is 0. The van der Waals surface area contributed by atoms with E-state index in [0.29, 0.717) is 6.61 Å². The van der Waals surface area contributed by atoms with Gasteiger partial charge in [-0.3, -0.25) is 0 Å². The third-order valence-corrected chi connectivity index (χ3v) is 3.52. The normalized spacial score (nSPS) is 11.3. The molecule has 0 heterocycles. The average Bonchev–Trinajstić information content (AvgIpc) is 2.44. The number of unbranched alkanes of at least 4 members (excludes halogenated alkanes) is 2. The number of aliphatic hydroxyl groups excluding tert-OH is 1. The topological polar surface area (TPSA) is 23.5 Å². The van der Waals surface area contributed by atoms with Crippen LogP contribution in [0.15, 0.2) is 42.5 Å². The molecule has 0 fully saturated rings. The summed E-state index contributed by atoms with van der Waals surface area (Å²) in [6.45, 7) is 2.39. The molecular weight excluding hydrogens is 234 g/mol. The maximum Gasteiger partial charge on any atom is 0.0431 e. The van der Waals surface area contributed by atoms with Crippen LogP contribution in [0.3, 0.4) is 0 Å². The van der Waals surface area contributed by atoms with Gasteiger partial charge < -0.3 is 10.0 Å². The van der Waals surface area contributed by atoms with Crippen molar-refractivity contribution in [3.63, 3.8) is 0 Å². The highest BCUT2D eigenvalue weighted by Crippen LogP contribution is 2.19. The van der Waals surface area contributed by atoms with Crippen LogP contribution < -0.4 is 0 Å². The van der Waals surface area contributed by atoms with E-state index in [4.69, 9.17) is 5.11 Å². The first-order chi connectivity index (χ1) is 9.31. The Morgan fingerprint density at radius 1 is 0.947 bits per heavy atom. The lowest BCUT2D eigenvalue weighted by molar-refractivity contribution is 0.271. The molecule has 0 amide bonds. The van der Waals surface area contributed by atoms with Gasteiger partial charge in [-0.1, -0.05) is 42.5 Å². The van der Waals surface area contributed by atoms with E-state index in [9.17, 15) is 0 Å². The first-order valence-electron chi connectivity index (χ1n) is 7.07. The summed E-state index contributed by atoms with van der Waals surface area (Å²) in [7, 11) is 2.17. The highest BCUT2D eigenvalue weighted by atomic mass is 16.2. The minimum Gasteiger partial charge on any atom is -0.396 e. The van der Waals surface area contributed by atoms with E-state index in [1.54, 1.807) is 0 Å². The van der Waals surface area contributed by atoms with Crippen molar-refractivity contribution in [2.24, 2.45) is 0 Å². The number of nitrogens with zero attached hydrogens (tertiary/aromatic N) is 1. The van der Waals surface area contributed by atoms with E-state index in [1.165, 1.54) is 16.3 Å². The second-order valence-corrected chi connectivity index (χ2v) is 5.16. The van der Waals surface area contributed by atoms with E-state index >= 15 is 0 Å². The second kappa shape index (κ2) is 7.27. The molecule has 0 saturated heterocycles. The van der Waals surface area contributed by atoms with Gasteiger partial charge >= 0.3 is 0 Å². The van der Waals surface area contributed by atoms with Crippen molar-refractivity contribution in [1.82, 2.24) is 4.90 Å². The van der Waals surface area contributed by atoms with Crippen molar-refractivity contribution >= 4 is 10.8 Å². The fraction of sp³-hybridized carbons (Fsp3) is 0.412. The third kappa shape index (κ3) is 4.05. The lowest BCUT2D eigenvalue weighted by Crippen LogP contribution is -2.19. The standard InChI is InChI=1S/C17H23NO/c1-18(12-5-2-6-13-19)14-16-10-7-9-15-8-3-4-11-17(15)16/h3-4,7-11,19H,2,5-6,12-14H2,1H3. The van der Waals surface area contributed by atoms with Gasteiger partial charge in [0.2, 0.25) is 0 Å². The molecule has 102 valence electrons. The Hall–Kier alpha value is -1.38. The zero-order chi connectivity index (χ0) is 13.5. The van der Waals surface area contributed by atoms with E-state index in [1.807, 2.05) is 0 Å². The fourth-order valence-electron chi connectivity index (χ4n) is 2.47. The van der Waals surface area contributed by atoms with Crippen molar-refractivity contribution in [3.05, 3.63) is 48.0 Å². The van der Waals surface area contributed by atoms with Gasteiger partial charge in [0, 0.05) is 13.2 Å². The quantitative estimate of drug-likeness (QED) is 0.768. The van der Waals surface area contributed by atoms with Crippen LogP contribution in [-0.4, -0.2) is 30.2 Å². The first kappa shape index (κ1) is 14.0. The van der Waals surface area contributed by atoms with Crippen LogP contribution in [0.25, 0.3) is 10.8 Å². The number of fused-ring (bicyclic) bond motifs is 1. The summed E-state index contributed by atoms with van der Waals surface area (Å²) in [4.78, 5) is 2.36. The smallest absolute Gasteiger partial charge is 0.0431 e. The molecule has 2 rings (SSSR count). The Balaban J connectivity index is 1.97. The van der Waals surface area contributed by atoms with Gasteiger partial charge in [0.1, 0.15) is 0 Å². The molecular formula is C17H23NO. The molecule has 2 nitrogen and oxygen atoms in total. The van der Waals surface area contributed by atoms with Crippen LogP contribution in [0.4, 0.5) is 0 Å². The van der Waals surface area contributed by atoms with Gasteiger partial charge in [0.15, 0.2) is 0 Å². The molecule has 0 bridgehead atoms. The maximum atomic E-state index is 8.77. The van der Waals surface area contributed by atoms with E-state index in [0.717, 1.165) is 32.4 Å². The number of rotatable bonds is 7. The fourth-order valence-corrected chi connectivity index (χ4v) is 2.47. The number of benzene rings is 2. The van der Waals surface area contributed by atoms with Crippen molar-refractivity contribution in [2.75, 3.05) is 20.2 Å². The van der Waals surface area contributed by atoms with E-state index in [2.05, 4.69) is 54.4 Å². The molecule has 0 aliphatic rings. The summed E-state index contributed by atoms with van der Waals surface area (Å²) in [5, 5.41) is 11.4. The Morgan fingerprint density at radius 3 is 2.58 bits per heavy atom. The van der Waals surface area contributed by atoms with Gasteiger partial charge in [0.25, 0.3) is 0 Å². The minimum atomic E-state index is 0.313. The largest absolute Gasteiger partial charge is 0.396 e. The molecule has 0 aliphatic heterocycles. The number of hydrogen-bond acceptors (Lipinski definition) is 2. The van der Waals surface area contributed by atoms with Crippen LogP contribution in [0, 0.1) is 0 Å². The zero-order valence-corrected chi connectivity index (χ0v) is 11.7. The van der Waals surface area contributed by atoms with Gasteiger partial charge in [-0.15, -0.1) is 0 Å². The lowest BCUT2D eigenvalue weighted by atomic mass is 10.0. The van der Waals surface area contributed by atoms with Crippen LogP contribution in [0.2, 0.25) is 0 Å². The lowest BCUT2D eigenvalue weighted by Gasteiger charge is -2.17. The monoisotopic (exact) mass is 257 g/mol. The van der Waals surface area contributed by atoms with Gasteiger partial charge in [-0.05, 0) is 49.2 Å². The highest BCUT2D eigenvalue weighted by molar-refractivity contribution is 5.85. The summed E-state index contributed by atoms with van der Waals surface area (Å²) in [6.07, 6.45) is 3.18. The third-order valence-electron chi connectivity index (χ3n) is 3.52. The average molecular weight is 257 g/mol. The van der Waals surface area contributed by atoms with Crippen molar-refractivity contribution < 1.29 is 5.11 Å². The molecule has 0 spiro atoms. The molecule has 2 heteroatoms. The Labute approximate surface area is 115 Å². The van der Waals surface area contributed by atoms with Gasteiger partial charge in [-0.2, -0.15) is 0 Å². The minimum absolute atomic E-state index is 0.313. The molecule has 2 aromatic rings. The van der Waals surface area contributed by atoms with E-state index < -0.39 is 0 Å². The Bertz CT molecular complexity index is 504. The predicted octanol–water partition coefficient (Wildman–Crippen LogP) is 3.43. The summed E-state index contributed by atoms with van der Waals surface area (Å²) in [5.74, 6) is 0. The van der Waals surface area contributed by atoms with E-state index in [-0.39, 0.29) is 0 Å². The SMILES string of the molecule is CN(CCCCCO)Cc1cccc2ccccc12. The predicted molar refractivity (Wildman–Crippen MR) is 81.2 cm³/mol. The summed E-state index contributed by atoms with van der Waals surface area (Å²) in [6, 6.07) is 15.1. The van der Waals surface area contributed by atoms with Crippen molar-refractivity contribution in [2.45, 2.75) is 25.8 Å². The molecule has 19 heavy (non-hydrogen) atoms. The molecule has 0 unspecified atom stereocenters. The molecule has 1 N–H and O–H groups in total. The molecule has 0 saturated carbocycles. The second-order valence-electron chi connectivity index (χ2n) is 5.16. The van der Waals surface area contributed by atoms with Crippen LogP contribution in [0.5, 0.6) is 0 Å².